The van der Waals surface area contributed by atoms with E-state index in [1.807, 2.05) is 13.0 Å². The van der Waals surface area contributed by atoms with Crippen molar-refractivity contribution in [1.82, 2.24) is 5.32 Å². The van der Waals surface area contributed by atoms with E-state index in [9.17, 15) is 9.90 Å². The van der Waals surface area contributed by atoms with E-state index in [1.165, 1.54) is 0 Å². The molecule has 2 N–H and O–H groups in total. The van der Waals surface area contributed by atoms with Gasteiger partial charge in [-0.3, -0.25) is 4.79 Å². The molecule has 1 aliphatic heterocycles. The van der Waals surface area contributed by atoms with Gasteiger partial charge < -0.3 is 10.4 Å². The molecule has 0 aliphatic carbocycles. The van der Waals surface area contributed by atoms with Gasteiger partial charge in [0.25, 0.3) is 5.91 Å². The van der Waals surface area contributed by atoms with Crippen LogP contribution in [0.2, 0.25) is 0 Å². The van der Waals surface area contributed by atoms with Crippen molar-refractivity contribution in [3.8, 4) is 5.75 Å². The lowest BCUT2D eigenvalue weighted by molar-refractivity contribution is 0.0964. The first-order valence-electron chi connectivity index (χ1n) is 3.90. The molecule has 3 nitrogen and oxygen atoms in total. The van der Waals surface area contributed by atoms with Crippen LogP contribution in [0.25, 0.3) is 0 Å². The van der Waals surface area contributed by atoms with Gasteiger partial charge in [-0.2, -0.15) is 0 Å². The standard InChI is InChI=1S/C9H8BrNO2/c1-4-2-5-3-11-9(13)6(5)7(10)8(4)12/h2,12H,3H2,1H3,(H,11,13). The summed E-state index contributed by atoms with van der Waals surface area (Å²) < 4.78 is 0.498. The number of hydrogen-bond acceptors (Lipinski definition) is 2. The highest BCUT2D eigenvalue weighted by atomic mass is 79.9. The molecule has 0 unspecified atom stereocenters. The molecule has 0 radical (unpaired) electrons. The molecule has 0 atom stereocenters. The van der Waals surface area contributed by atoms with Crippen molar-refractivity contribution in [2.75, 3.05) is 0 Å². The number of phenolic OH excluding ortho intramolecular Hbond substituents is 1. The summed E-state index contributed by atoms with van der Waals surface area (Å²) in [6.45, 7) is 2.36. The second-order valence-corrected chi connectivity index (χ2v) is 3.87. The molecule has 13 heavy (non-hydrogen) atoms. The summed E-state index contributed by atoms with van der Waals surface area (Å²) >= 11 is 3.21. The average Bonchev–Trinajstić information content (AvgIpc) is 2.43. The van der Waals surface area contributed by atoms with Crippen LogP contribution in [0, 0.1) is 6.92 Å². The second kappa shape index (κ2) is 2.73. The van der Waals surface area contributed by atoms with Crippen molar-refractivity contribution in [1.29, 1.82) is 0 Å². The van der Waals surface area contributed by atoms with Crippen molar-refractivity contribution in [3.05, 3.63) is 27.2 Å². The Kier molecular flexibility index (Phi) is 1.80. The van der Waals surface area contributed by atoms with Crippen LogP contribution in [0.15, 0.2) is 10.5 Å². The molecule has 0 bridgehead atoms. The van der Waals surface area contributed by atoms with Crippen LogP contribution >= 0.6 is 15.9 Å². The van der Waals surface area contributed by atoms with Crippen molar-refractivity contribution >= 4 is 21.8 Å². The molecule has 0 saturated carbocycles. The fourth-order valence-corrected chi connectivity index (χ4v) is 2.23. The zero-order chi connectivity index (χ0) is 9.59. The Hall–Kier alpha value is -1.03. The van der Waals surface area contributed by atoms with Gasteiger partial charge >= 0.3 is 0 Å². The summed E-state index contributed by atoms with van der Waals surface area (Å²) in [4.78, 5) is 11.3. The van der Waals surface area contributed by atoms with Crippen LogP contribution in [0.1, 0.15) is 21.5 Å². The molecule has 1 aliphatic rings. The normalized spacial score (nSPS) is 14.2. The summed E-state index contributed by atoms with van der Waals surface area (Å²) in [5.74, 6) is 0.0213. The fourth-order valence-electron chi connectivity index (χ4n) is 1.48. The predicted molar refractivity (Wildman–Crippen MR) is 51.7 cm³/mol. The monoisotopic (exact) mass is 241 g/mol. The molecular weight excluding hydrogens is 234 g/mol. The minimum Gasteiger partial charge on any atom is -0.506 e. The highest BCUT2D eigenvalue weighted by Crippen LogP contribution is 2.35. The maximum absolute atomic E-state index is 11.3. The van der Waals surface area contributed by atoms with Crippen molar-refractivity contribution in [2.24, 2.45) is 0 Å². The van der Waals surface area contributed by atoms with Gasteiger partial charge in [0.15, 0.2) is 0 Å². The molecule has 1 aromatic carbocycles. The Balaban J connectivity index is 2.75. The summed E-state index contributed by atoms with van der Waals surface area (Å²) in [6, 6.07) is 1.83. The van der Waals surface area contributed by atoms with Gasteiger partial charge in [-0.15, -0.1) is 0 Å². The number of rotatable bonds is 0. The number of carbonyl (C=O) groups is 1. The molecule has 1 heterocycles. The van der Waals surface area contributed by atoms with E-state index in [-0.39, 0.29) is 11.7 Å². The number of aromatic hydroxyl groups is 1. The van der Waals surface area contributed by atoms with Crippen LogP contribution in [0.3, 0.4) is 0 Å². The maximum Gasteiger partial charge on any atom is 0.253 e. The first-order valence-corrected chi connectivity index (χ1v) is 4.69. The fraction of sp³-hybridized carbons (Fsp3) is 0.222. The summed E-state index contributed by atoms with van der Waals surface area (Å²) in [5.41, 5.74) is 2.28. The van der Waals surface area contributed by atoms with E-state index in [2.05, 4.69) is 21.2 Å². The average molecular weight is 242 g/mol. The van der Waals surface area contributed by atoms with Gasteiger partial charge in [0.05, 0.1) is 10.0 Å². The van der Waals surface area contributed by atoms with Crippen LogP contribution in [0.4, 0.5) is 0 Å². The first kappa shape index (κ1) is 8.56. The van der Waals surface area contributed by atoms with Crippen LogP contribution in [0.5, 0.6) is 5.75 Å². The number of nitrogens with one attached hydrogen (secondary N) is 1. The molecule has 68 valence electrons. The smallest absolute Gasteiger partial charge is 0.253 e. The Labute approximate surface area is 83.9 Å². The van der Waals surface area contributed by atoms with Crippen molar-refractivity contribution in [3.63, 3.8) is 0 Å². The first-order chi connectivity index (χ1) is 6.11. The van der Waals surface area contributed by atoms with Gasteiger partial charge in [0.1, 0.15) is 5.75 Å². The summed E-state index contributed by atoms with van der Waals surface area (Å²) in [7, 11) is 0. The van der Waals surface area contributed by atoms with Gasteiger partial charge in [-0.25, -0.2) is 0 Å². The minimum atomic E-state index is -0.128. The molecule has 0 aromatic heterocycles. The number of hydrogen-bond donors (Lipinski definition) is 2. The lowest BCUT2D eigenvalue weighted by Crippen LogP contribution is -2.12. The number of aryl methyl sites for hydroxylation is 1. The highest BCUT2D eigenvalue weighted by molar-refractivity contribution is 9.10. The third kappa shape index (κ3) is 1.13. The zero-order valence-electron chi connectivity index (χ0n) is 7.02. The number of amides is 1. The van der Waals surface area contributed by atoms with Gasteiger partial charge in [0.2, 0.25) is 0 Å². The minimum absolute atomic E-state index is 0.128. The Bertz CT molecular complexity index is 401. The van der Waals surface area contributed by atoms with E-state index in [1.54, 1.807) is 0 Å². The van der Waals surface area contributed by atoms with Gasteiger partial charge in [-0.05, 0) is 40.0 Å². The topological polar surface area (TPSA) is 49.3 Å². The lowest BCUT2D eigenvalue weighted by atomic mass is 10.1. The van der Waals surface area contributed by atoms with Gasteiger partial charge in [0, 0.05) is 6.54 Å². The van der Waals surface area contributed by atoms with Crippen molar-refractivity contribution in [2.45, 2.75) is 13.5 Å². The van der Waals surface area contributed by atoms with E-state index in [4.69, 9.17) is 0 Å². The molecule has 0 fully saturated rings. The number of phenols is 1. The molecular formula is C9H8BrNO2. The van der Waals surface area contributed by atoms with E-state index in [0.717, 1.165) is 11.1 Å². The van der Waals surface area contributed by atoms with E-state index in [0.29, 0.717) is 16.6 Å². The largest absolute Gasteiger partial charge is 0.506 e. The number of fused-ring (bicyclic) bond motifs is 1. The molecule has 0 spiro atoms. The van der Waals surface area contributed by atoms with E-state index < -0.39 is 0 Å². The maximum atomic E-state index is 11.3. The Morgan fingerprint density at radius 3 is 3.00 bits per heavy atom. The van der Waals surface area contributed by atoms with E-state index >= 15 is 0 Å². The van der Waals surface area contributed by atoms with Crippen molar-refractivity contribution < 1.29 is 9.90 Å². The molecule has 1 amide bonds. The number of carbonyl (C=O) groups excluding carboxylic acids is 1. The number of benzene rings is 1. The van der Waals surface area contributed by atoms with Gasteiger partial charge in [-0.1, -0.05) is 0 Å². The summed E-state index contributed by atoms with van der Waals surface area (Å²) in [6.07, 6.45) is 0. The quantitative estimate of drug-likeness (QED) is 0.727. The Morgan fingerprint density at radius 1 is 1.62 bits per heavy atom. The third-order valence-electron chi connectivity index (χ3n) is 2.18. The molecule has 0 saturated heterocycles. The van der Waals surface area contributed by atoms with Crippen LogP contribution < -0.4 is 5.32 Å². The predicted octanol–water partition coefficient (Wildman–Crippen LogP) is 1.71. The molecule has 2 rings (SSSR count). The summed E-state index contributed by atoms with van der Waals surface area (Å²) in [5, 5.41) is 12.3. The van der Waals surface area contributed by atoms with Crippen LogP contribution in [-0.4, -0.2) is 11.0 Å². The number of halogens is 1. The third-order valence-corrected chi connectivity index (χ3v) is 2.95. The zero-order valence-corrected chi connectivity index (χ0v) is 8.60. The lowest BCUT2D eigenvalue weighted by Gasteiger charge is -2.05. The molecule has 1 aromatic rings. The van der Waals surface area contributed by atoms with Crippen LogP contribution in [-0.2, 0) is 6.54 Å². The Morgan fingerprint density at radius 2 is 2.31 bits per heavy atom. The second-order valence-electron chi connectivity index (χ2n) is 3.07. The SMILES string of the molecule is Cc1cc2c(c(Br)c1O)C(=O)NC2. The highest BCUT2D eigenvalue weighted by Gasteiger charge is 2.24. The molecule has 4 heteroatoms.